The van der Waals surface area contributed by atoms with Crippen molar-refractivity contribution in [2.24, 2.45) is 0 Å². The maximum absolute atomic E-state index is 9.74. The molecule has 3 heterocycles. The molecule has 4 rings (SSSR count). The Kier molecular flexibility index (Phi) is 2.88. The van der Waals surface area contributed by atoms with Gasteiger partial charge in [0.05, 0.1) is 29.7 Å². The topological polar surface area (TPSA) is 50.1 Å². The molecule has 2 aliphatic rings. The summed E-state index contributed by atoms with van der Waals surface area (Å²) in [6.45, 7) is 4.46. The fourth-order valence-electron chi connectivity index (χ4n) is 3.81. The minimum atomic E-state index is -0.143. The van der Waals surface area contributed by atoms with Gasteiger partial charge in [-0.25, -0.2) is 4.98 Å². The third-order valence-electron chi connectivity index (χ3n) is 5.13. The molecule has 0 unspecified atom stereocenters. The number of hydrogen-bond acceptors (Lipinski definition) is 3. The lowest BCUT2D eigenvalue weighted by Crippen LogP contribution is -2.25. The minimum absolute atomic E-state index is 0.0328. The van der Waals surface area contributed by atoms with Crippen LogP contribution in [0.4, 0.5) is 0 Å². The Labute approximate surface area is 124 Å². The minimum Gasteiger partial charge on any atom is -0.393 e. The number of aliphatic hydroxyl groups excluding tert-OH is 1. The zero-order chi connectivity index (χ0) is 14.6. The third-order valence-corrected chi connectivity index (χ3v) is 5.13. The van der Waals surface area contributed by atoms with Gasteiger partial charge in [-0.2, -0.15) is 0 Å². The molecule has 0 radical (unpaired) electrons. The Morgan fingerprint density at radius 1 is 1.38 bits per heavy atom. The van der Waals surface area contributed by atoms with Gasteiger partial charge in [0, 0.05) is 11.8 Å². The maximum Gasteiger partial charge on any atom is 0.115 e. The Morgan fingerprint density at radius 3 is 2.86 bits per heavy atom. The fourth-order valence-corrected chi connectivity index (χ4v) is 3.81. The molecule has 2 aromatic rings. The number of ether oxygens (including phenoxy) is 1. The second-order valence-corrected chi connectivity index (χ2v) is 6.82. The van der Waals surface area contributed by atoms with Crippen LogP contribution in [-0.2, 0) is 4.74 Å². The monoisotopic (exact) mass is 286 g/mol. The Hall–Kier alpha value is -1.39. The van der Waals surface area contributed by atoms with Crippen molar-refractivity contribution < 1.29 is 9.84 Å². The molecule has 0 aromatic carbocycles. The van der Waals surface area contributed by atoms with Crippen molar-refractivity contribution in [3.63, 3.8) is 0 Å². The van der Waals surface area contributed by atoms with E-state index in [-0.39, 0.29) is 17.8 Å². The van der Waals surface area contributed by atoms with Crippen LogP contribution in [-0.4, -0.2) is 26.2 Å². The van der Waals surface area contributed by atoms with Crippen molar-refractivity contribution in [1.82, 2.24) is 9.38 Å². The third kappa shape index (κ3) is 2.00. The van der Waals surface area contributed by atoms with Gasteiger partial charge in [0.25, 0.3) is 0 Å². The Morgan fingerprint density at radius 2 is 2.14 bits per heavy atom. The largest absolute Gasteiger partial charge is 0.393 e. The molecule has 21 heavy (non-hydrogen) atoms. The highest BCUT2D eigenvalue weighted by atomic mass is 16.6. The summed E-state index contributed by atoms with van der Waals surface area (Å²) < 4.78 is 8.27. The van der Waals surface area contributed by atoms with Crippen LogP contribution in [0.25, 0.3) is 5.52 Å². The number of rotatable bonds is 2. The first-order chi connectivity index (χ1) is 10.1. The van der Waals surface area contributed by atoms with Crippen LogP contribution in [0.5, 0.6) is 0 Å². The second-order valence-electron chi connectivity index (χ2n) is 6.82. The Balaban J connectivity index is 1.76. The summed E-state index contributed by atoms with van der Waals surface area (Å²) in [5, 5.41) is 9.74. The van der Waals surface area contributed by atoms with Crippen LogP contribution in [0, 0.1) is 0 Å². The first-order valence-corrected chi connectivity index (χ1v) is 7.91. The van der Waals surface area contributed by atoms with E-state index in [0.29, 0.717) is 5.92 Å². The number of fused-ring (bicyclic) bond motifs is 1. The number of epoxide rings is 1. The molecule has 1 N–H and O–H groups in total. The van der Waals surface area contributed by atoms with Crippen LogP contribution >= 0.6 is 0 Å². The van der Waals surface area contributed by atoms with Crippen LogP contribution in [0.15, 0.2) is 24.8 Å². The fraction of sp³-hybridized carbons (Fsp3) is 0.588. The molecule has 2 fully saturated rings. The smallest absolute Gasteiger partial charge is 0.115 e. The highest BCUT2D eigenvalue weighted by molar-refractivity contribution is 5.60. The van der Waals surface area contributed by atoms with Crippen molar-refractivity contribution in [2.45, 2.75) is 63.3 Å². The molecule has 1 spiro atoms. The molecule has 112 valence electrons. The standard InChI is InChI=1S/C17H22N2O2/c1-11(2)13-5-8-19-10-18-9-14(19)15(13)16-17(21-16)6-3-12(20)4-7-17/h5,8-12,16,20H,3-4,6-7H2,1-2H3/t12-,16-,17+/m0/s1. The number of pyridine rings is 1. The van der Waals surface area contributed by atoms with Gasteiger partial charge in [-0.05, 0) is 43.2 Å². The number of aliphatic hydroxyl groups is 1. The zero-order valence-corrected chi connectivity index (χ0v) is 12.6. The molecule has 1 saturated carbocycles. The van der Waals surface area contributed by atoms with Gasteiger partial charge in [-0.15, -0.1) is 0 Å². The van der Waals surface area contributed by atoms with E-state index in [1.54, 1.807) is 0 Å². The Bertz CT molecular complexity index is 668. The van der Waals surface area contributed by atoms with Gasteiger partial charge in [0.15, 0.2) is 0 Å². The van der Waals surface area contributed by atoms with E-state index < -0.39 is 0 Å². The summed E-state index contributed by atoms with van der Waals surface area (Å²) in [6, 6.07) is 2.20. The summed E-state index contributed by atoms with van der Waals surface area (Å²) in [7, 11) is 0. The molecule has 1 saturated heterocycles. The molecule has 2 aromatic heterocycles. The van der Waals surface area contributed by atoms with E-state index in [1.807, 2.05) is 12.5 Å². The van der Waals surface area contributed by atoms with E-state index in [4.69, 9.17) is 4.74 Å². The lowest BCUT2D eigenvalue weighted by atomic mass is 9.81. The SMILES string of the molecule is CC(C)c1ccn2cncc2c1[C@@H]1O[C@]12CC[C@@H](O)CC2. The van der Waals surface area contributed by atoms with Crippen LogP contribution < -0.4 is 0 Å². The van der Waals surface area contributed by atoms with Gasteiger partial charge in [-0.3, -0.25) is 0 Å². The molecular formula is C17H22N2O2. The summed E-state index contributed by atoms with van der Waals surface area (Å²) in [5.74, 6) is 0.468. The van der Waals surface area contributed by atoms with Crippen molar-refractivity contribution in [3.8, 4) is 0 Å². The molecule has 1 atom stereocenters. The maximum atomic E-state index is 9.74. The predicted octanol–water partition coefficient (Wildman–Crippen LogP) is 3.20. The molecule has 0 bridgehead atoms. The highest BCUT2D eigenvalue weighted by Crippen LogP contribution is 2.59. The number of imidazole rings is 1. The molecule has 0 amide bonds. The number of hydrogen-bond donors (Lipinski definition) is 1. The highest BCUT2D eigenvalue weighted by Gasteiger charge is 2.59. The van der Waals surface area contributed by atoms with Crippen LogP contribution in [0.2, 0.25) is 0 Å². The first kappa shape index (κ1) is 13.3. The molecule has 4 heteroatoms. The summed E-state index contributed by atoms with van der Waals surface area (Å²) in [4.78, 5) is 4.29. The van der Waals surface area contributed by atoms with E-state index in [0.717, 1.165) is 31.2 Å². The summed E-state index contributed by atoms with van der Waals surface area (Å²) >= 11 is 0. The molecular weight excluding hydrogens is 264 g/mol. The van der Waals surface area contributed by atoms with Crippen LogP contribution in [0.3, 0.4) is 0 Å². The quantitative estimate of drug-likeness (QED) is 0.862. The van der Waals surface area contributed by atoms with Gasteiger partial charge >= 0.3 is 0 Å². The van der Waals surface area contributed by atoms with Crippen LogP contribution in [0.1, 0.15) is 62.7 Å². The van der Waals surface area contributed by atoms with Gasteiger partial charge < -0.3 is 14.2 Å². The summed E-state index contributed by atoms with van der Waals surface area (Å²) in [6.07, 6.45) is 9.54. The van der Waals surface area contributed by atoms with Gasteiger partial charge in [0.1, 0.15) is 6.10 Å². The van der Waals surface area contributed by atoms with Gasteiger partial charge in [-0.1, -0.05) is 13.8 Å². The van der Waals surface area contributed by atoms with E-state index in [1.165, 1.54) is 11.1 Å². The normalized spacial score (nSPS) is 32.2. The number of nitrogens with zero attached hydrogens (tertiary/aromatic N) is 2. The van der Waals surface area contributed by atoms with Crippen molar-refractivity contribution in [3.05, 3.63) is 35.9 Å². The summed E-state index contributed by atoms with van der Waals surface area (Å²) in [5.41, 5.74) is 3.79. The van der Waals surface area contributed by atoms with E-state index in [9.17, 15) is 5.11 Å². The van der Waals surface area contributed by atoms with E-state index in [2.05, 4.69) is 35.5 Å². The molecule has 4 nitrogen and oxygen atoms in total. The average Bonchev–Trinajstić information content (AvgIpc) is 2.93. The van der Waals surface area contributed by atoms with E-state index >= 15 is 0 Å². The van der Waals surface area contributed by atoms with Crippen molar-refractivity contribution >= 4 is 5.52 Å². The zero-order valence-electron chi connectivity index (χ0n) is 12.6. The lowest BCUT2D eigenvalue weighted by molar-refractivity contribution is 0.0921. The second kappa shape index (κ2) is 4.55. The number of aromatic nitrogens is 2. The van der Waals surface area contributed by atoms with Crippen molar-refractivity contribution in [1.29, 1.82) is 0 Å². The van der Waals surface area contributed by atoms with Crippen molar-refractivity contribution in [2.75, 3.05) is 0 Å². The molecule has 1 aliphatic heterocycles. The average molecular weight is 286 g/mol. The predicted molar refractivity (Wildman–Crippen MR) is 80.3 cm³/mol. The van der Waals surface area contributed by atoms with Gasteiger partial charge in [0.2, 0.25) is 0 Å². The first-order valence-electron chi connectivity index (χ1n) is 7.91. The molecule has 1 aliphatic carbocycles. The lowest BCUT2D eigenvalue weighted by Gasteiger charge is -2.23.